The summed E-state index contributed by atoms with van der Waals surface area (Å²) in [5.74, 6) is 0.711. The fraction of sp³-hybridized carbons (Fsp3) is 0.538. The summed E-state index contributed by atoms with van der Waals surface area (Å²) in [5.41, 5.74) is 0.979. The molecule has 0 aliphatic rings. The summed E-state index contributed by atoms with van der Waals surface area (Å²) in [7, 11) is 3.27. The second-order valence-electron chi connectivity index (χ2n) is 4.29. The van der Waals surface area contributed by atoms with Gasteiger partial charge in [0.2, 0.25) is 0 Å². The molecule has 20 heavy (non-hydrogen) atoms. The normalized spacial score (nSPS) is 13.3. The van der Waals surface area contributed by atoms with Gasteiger partial charge in [-0.2, -0.15) is 13.2 Å². The van der Waals surface area contributed by atoms with Gasteiger partial charge >= 0.3 is 6.18 Å². The average Bonchev–Trinajstić information content (AvgIpc) is 2.36. The Labute approximate surface area is 124 Å². The molecule has 0 saturated heterocycles. The molecule has 0 heterocycles. The Bertz CT molecular complexity index is 427. The maximum Gasteiger partial charge on any atom is 0.411 e. The Morgan fingerprint density at radius 1 is 1.35 bits per heavy atom. The first-order valence-electron chi connectivity index (χ1n) is 6.00. The van der Waals surface area contributed by atoms with E-state index in [2.05, 4.69) is 26.0 Å². The lowest BCUT2D eigenvalue weighted by atomic mass is 10.1. The van der Waals surface area contributed by atoms with Crippen LogP contribution < -0.4 is 10.1 Å². The Morgan fingerprint density at radius 3 is 2.55 bits per heavy atom. The lowest BCUT2D eigenvalue weighted by Crippen LogP contribution is -2.34. The van der Waals surface area contributed by atoms with Crippen LogP contribution in [0.25, 0.3) is 0 Å². The number of hydrogen-bond acceptors (Lipinski definition) is 3. The first-order valence-corrected chi connectivity index (χ1v) is 6.79. The van der Waals surface area contributed by atoms with Crippen molar-refractivity contribution in [2.24, 2.45) is 0 Å². The third-order valence-corrected chi connectivity index (χ3v) is 3.31. The summed E-state index contributed by atoms with van der Waals surface area (Å²) in [6, 6.07) is 5.38. The number of ether oxygens (including phenoxy) is 2. The Kier molecular flexibility index (Phi) is 6.78. The maximum absolute atomic E-state index is 12.0. The van der Waals surface area contributed by atoms with E-state index >= 15 is 0 Å². The highest BCUT2D eigenvalue weighted by atomic mass is 79.9. The van der Waals surface area contributed by atoms with Crippen LogP contribution in [0.3, 0.4) is 0 Å². The molecule has 0 bridgehead atoms. The van der Waals surface area contributed by atoms with Gasteiger partial charge in [-0.05, 0) is 47.1 Å². The monoisotopic (exact) mass is 355 g/mol. The van der Waals surface area contributed by atoms with E-state index in [1.807, 2.05) is 18.2 Å². The van der Waals surface area contributed by atoms with Gasteiger partial charge in [0.1, 0.15) is 12.4 Å². The summed E-state index contributed by atoms with van der Waals surface area (Å²) in [4.78, 5) is 0. The van der Waals surface area contributed by atoms with Crippen molar-refractivity contribution in [2.75, 3.05) is 27.4 Å². The smallest absolute Gasteiger partial charge is 0.411 e. The van der Waals surface area contributed by atoms with E-state index in [-0.39, 0.29) is 12.6 Å². The van der Waals surface area contributed by atoms with Crippen LogP contribution in [0, 0.1) is 0 Å². The molecule has 1 N–H and O–H groups in total. The van der Waals surface area contributed by atoms with E-state index in [0.29, 0.717) is 12.2 Å². The van der Waals surface area contributed by atoms with Crippen LogP contribution in [0.1, 0.15) is 5.56 Å². The van der Waals surface area contributed by atoms with E-state index in [9.17, 15) is 13.2 Å². The van der Waals surface area contributed by atoms with Crippen molar-refractivity contribution >= 4 is 15.9 Å². The van der Waals surface area contributed by atoms with Gasteiger partial charge in [-0.15, -0.1) is 0 Å². The molecule has 0 amide bonds. The van der Waals surface area contributed by atoms with Crippen molar-refractivity contribution in [3.63, 3.8) is 0 Å². The molecule has 3 nitrogen and oxygen atoms in total. The second-order valence-corrected chi connectivity index (χ2v) is 5.14. The van der Waals surface area contributed by atoms with Crippen LogP contribution in [0.2, 0.25) is 0 Å². The van der Waals surface area contributed by atoms with Crippen LogP contribution in [0.4, 0.5) is 13.2 Å². The van der Waals surface area contributed by atoms with E-state index in [1.54, 1.807) is 14.2 Å². The standard InChI is InChI=1S/C13H17BrF3NO2/c1-18-10(7-20-8-13(15,16)17)5-9-3-4-12(19-2)11(14)6-9/h3-4,6,10,18H,5,7-8H2,1-2H3. The number of benzene rings is 1. The lowest BCUT2D eigenvalue weighted by Gasteiger charge is -2.17. The molecule has 0 spiro atoms. The van der Waals surface area contributed by atoms with Gasteiger partial charge in [0.05, 0.1) is 18.2 Å². The minimum Gasteiger partial charge on any atom is -0.496 e. The minimum absolute atomic E-state index is 0.000339. The molecule has 0 aliphatic heterocycles. The Balaban J connectivity index is 2.53. The largest absolute Gasteiger partial charge is 0.496 e. The number of rotatable bonds is 7. The first kappa shape index (κ1) is 17.3. The highest BCUT2D eigenvalue weighted by molar-refractivity contribution is 9.10. The van der Waals surface area contributed by atoms with E-state index in [4.69, 9.17) is 4.74 Å². The number of halogens is 4. The molecule has 1 rings (SSSR count). The molecule has 1 aromatic carbocycles. The third kappa shape index (κ3) is 6.11. The van der Waals surface area contributed by atoms with Gasteiger partial charge in [-0.1, -0.05) is 6.07 Å². The van der Waals surface area contributed by atoms with E-state index < -0.39 is 12.8 Å². The van der Waals surface area contributed by atoms with Crippen molar-refractivity contribution in [1.29, 1.82) is 0 Å². The van der Waals surface area contributed by atoms with Crippen LogP contribution in [0.5, 0.6) is 5.75 Å². The summed E-state index contributed by atoms with van der Waals surface area (Å²) in [6.45, 7) is -1.23. The predicted octanol–water partition coefficient (Wildman–Crippen LogP) is 3.17. The highest BCUT2D eigenvalue weighted by Crippen LogP contribution is 2.26. The zero-order valence-corrected chi connectivity index (χ0v) is 12.8. The topological polar surface area (TPSA) is 30.5 Å². The molecule has 0 aliphatic carbocycles. The molecule has 0 aromatic heterocycles. The quantitative estimate of drug-likeness (QED) is 0.814. The van der Waals surface area contributed by atoms with Gasteiger partial charge in [0.15, 0.2) is 0 Å². The number of alkyl halides is 3. The van der Waals surface area contributed by atoms with Gasteiger partial charge in [0.25, 0.3) is 0 Å². The second kappa shape index (κ2) is 7.85. The van der Waals surface area contributed by atoms with Gasteiger partial charge in [-0.3, -0.25) is 0 Å². The van der Waals surface area contributed by atoms with E-state index in [1.165, 1.54) is 0 Å². The minimum atomic E-state index is -4.29. The Hall–Kier alpha value is -0.790. The lowest BCUT2D eigenvalue weighted by molar-refractivity contribution is -0.175. The van der Waals surface area contributed by atoms with E-state index in [0.717, 1.165) is 10.0 Å². The first-order chi connectivity index (χ1) is 9.35. The zero-order chi connectivity index (χ0) is 15.2. The van der Waals surface area contributed by atoms with Crippen molar-refractivity contribution in [3.8, 4) is 5.75 Å². The number of nitrogens with one attached hydrogen (secondary N) is 1. The molecule has 7 heteroatoms. The summed E-state index contributed by atoms with van der Waals surface area (Å²) in [6.07, 6.45) is -3.72. The number of methoxy groups -OCH3 is 1. The average molecular weight is 356 g/mol. The van der Waals surface area contributed by atoms with Gasteiger partial charge < -0.3 is 14.8 Å². The van der Waals surface area contributed by atoms with Crippen LogP contribution in [-0.2, 0) is 11.2 Å². The molecule has 0 fully saturated rings. The molecular weight excluding hydrogens is 339 g/mol. The van der Waals surface area contributed by atoms with Crippen LogP contribution in [-0.4, -0.2) is 39.6 Å². The SMILES string of the molecule is CNC(COCC(F)(F)F)Cc1ccc(OC)c(Br)c1. The molecule has 0 saturated carbocycles. The molecular formula is C13H17BrF3NO2. The Morgan fingerprint density at radius 2 is 2.05 bits per heavy atom. The fourth-order valence-corrected chi connectivity index (χ4v) is 2.27. The fourth-order valence-electron chi connectivity index (χ4n) is 1.68. The van der Waals surface area contributed by atoms with Crippen molar-refractivity contribution in [1.82, 2.24) is 5.32 Å². The third-order valence-electron chi connectivity index (χ3n) is 2.69. The predicted molar refractivity (Wildman–Crippen MR) is 74.1 cm³/mol. The molecule has 114 valence electrons. The van der Waals surface area contributed by atoms with Crippen molar-refractivity contribution < 1.29 is 22.6 Å². The maximum atomic E-state index is 12.0. The molecule has 0 radical (unpaired) electrons. The molecule has 1 atom stereocenters. The highest BCUT2D eigenvalue weighted by Gasteiger charge is 2.27. The van der Waals surface area contributed by atoms with Crippen LogP contribution in [0.15, 0.2) is 22.7 Å². The summed E-state index contributed by atoms with van der Waals surface area (Å²) < 4.78 is 46.6. The van der Waals surface area contributed by atoms with Crippen molar-refractivity contribution in [3.05, 3.63) is 28.2 Å². The summed E-state index contributed by atoms with van der Waals surface area (Å²) in [5, 5.41) is 2.95. The van der Waals surface area contributed by atoms with Crippen molar-refractivity contribution in [2.45, 2.75) is 18.6 Å². The zero-order valence-electron chi connectivity index (χ0n) is 11.3. The van der Waals surface area contributed by atoms with Gasteiger partial charge in [-0.25, -0.2) is 0 Å². The van der Waals surface area contributed by atoms with Gasteiger partial charge in [0, 0.05) is 6.04 Å². The number of hydrogen-bond donors (Lipinski definition) is 1. The van der Waals surface area contributed by atoms with Crippen LogP contribution >= 0.6 is 15.9 Å². The summed E-state index contributed by atoms with van der Waals surface area (Å²) >= 11 is 3.37. The number of likely N-dealkylation sites (N-methyl/N-ethyl adjacent to an activating group) is 1. The molecule has 1 aromatic rings. The molecule has 1 unspecified atom stereocenters.